The summed E-state index contributed by atoms with van der Waals surface area (Å²) in [5.74, 6) is 0. The van der Waals surface area contributed by atoms with Crippen LogP contribution in [0.1, 0.15) is 31.7 Å². The number of carbonyl (C=O) groups excluding carboxylic acids is 1. The van der Waals surface area contributed by atoms with Gasteiger partial charge in [0, 0.05) is 24.9 Å². The number of para-hydroxylation sites is 1. The van der Waals surface area contributed by atoms with Crippen LogP contribution in [-0.4, -0.2) is 32.1 Å². The predicted molar refractivity (Wildman–Crippen MR) is 80.1 cm³/mol. The number of nitrogens with zero attached hydrogens (tertiary/aromatic N) is 1. The second-order valence-electron chi connectivity index (χ2n) is 6.28. The van der Waals surface area contributed by atoms with Crippen LogP contribution in [-0.2, 0) is 16.0 Å². The minimum atomic E-state index is -0.322. The fraction of sp³-hybridized carbons (Fsp3) is 0.588. The number of aryl methyl sites for hydroxylation is 1. The number of anilines is 1. The highest BCUT2D eigenvalue weighted by Crippen LogP contribution is 2.35. The molecule has 3 heteroatoms. The highest BCUT2D eigenvalue weighted by molar-refractivity contribution is 5.64. The molecule has 3 nitrogen and oxygen atoms in total. The second kappa shape index (κ2) is 5.57. The Kier molecular flexibility index (Phi) is 3.79. The SMILES string of the molecule is CC1CCc2ccccc2N1CC1(C=O)CCCOC1. The van der Waals surface area contributed by atoms with Crippen LogP contribution < -0.4 is 4.90 Å². The maximum Gasteiger partial charge on any atom is 0.130 e. The summed E-state index contributed by atoms with van der Waals surface area (Å²) in [6.07, 6.45) is 5.37. The number of carbonyl (C=O) groups is 1. The van der Waals surface area contributed by atoms with Crippen molar-refractivity contribution in [2.24, 2.45) is 5.41 Å². The number of ether oxygens (including phenoxy) is 1. The lowest BCUT2D eigenvalue weighted by Gasteiger charge is -2.43. The Morgan fingerprint density at radius 2 is 2.30 bits per heavy atom. The van der Waals surface area contributed by atoms with E-state index in [-0.39, 0.29) is 5.41 Å². The van der Waals surface area contributed by atoms with Crippen molar-refractivity contribution in [2.45, 2.75) is 38.6 Å². The van der Waals surface area contributed by atoms with Crippen molar-refractivity contribution in [3.05, 3.63) is 29.8 Å². The van der Waals surface area contributed by atoms with Gasteiger partial charge in [-0.3, -0.25) is 0 Å². The lowest BCUT2D eigenvalue weighted by molar-refractivity contribution is -0.122. The molecule has 0 N–H and O–H groups in total. The van der Waals surface area contributed by atoms with E-state index in [0.29, 0.717) is 12.6 Å². The van der Waals surface area contributed by atoms with Gasteiger partial charge in [-0.05, 0) is 44.2 Å². The largest absolute Gasteiger partial charge is 0.380 e. The van der Waals surface area contributed by atoms with Gasteiger partial charge in [-0.2, -0.15) is 0 Å². The summed E-state index contributed by atoms with van der Waals surface area (Å²) >= 11 is 0. The molecule has 0 bridgehead atoms. The number of hydrogen-bond acceptors (Lipinski definition) is 3. The summed E-state index contributed by atoms with van der Waals surface area (Å²) in [5.41, 5.74) is 2.39. The molecule has 2 atom stereocenters. The second-order valence-corrected chi connectivity index (χ2v) is 6.28. The van der Waals surface area contributed by atoms with Gasteiger partial charge in [-0.25, -0.2) is 0 Å². The Balaban J connectivity index is 1.87. The first kappa shape index (κ1) is 13.6. The van der Waals surface area contributed by atoms with E-state index >= 15 is 0 Å². The molecule has 1 fully saturated rings. The van der Waals surface area contributed by atoms with Crippen molar-refractivity contribution >= 4 is 12.0 Å². The molecule has 0 aromatic heterocycles. The number of hydrogen-bond donors (Lipinski definition) is 0. The van der Waals surface area contributed by atoms with Crippen LogP contribution in [0.5, 0.6) is 0 Å². The zero-order valence-corrected chi connectivity index (χ0v) is 12.2. The van der Waals surface area contributed by atoms with Gasteiger partial charge in [-0.15, -0.1) is 0 Å². The summed E-state index contributed by atoms with van der Waals surface area (Å²) < 4.78 is 5.58. The van der Waals surface area contributed by atoms with Gasteiger partial charge in [0.25, 0.3) is 0 Å². The van der Waals surface area contributed by atoms with E-state index in [0.717, 1.165) is 45.1 Å². The molecule has 2 aliphatic heterocycles. The first-order valence-electron chi connectivity index (χ1n) is 7.63. The van der Waals surface area contributed by atoms with Gasteiger partial charge in [0.2, 0.25) is 0 Å². The highest BCUT2D eigenvalue weighted by Gasteiger charge is 2.37. The van der Waals surface area contributed by atoms with Crippen LogP contribution in [0.15, 0.2) is 24.3 Å². The molecular formula is C17H23NO2. The molecule has 2 heterocycles. The first-order chi connectivity index (χ1) is 9.74. The molecule has 0 spiro atoms. The molecule has 3 rings (SSSR count). The lowest BCUT2D eigenvalue weighted by atomic mass is 9.82. The minimum absolute atomic E-state index is 0.322. The Morgan fingerprint density at radius 3 is 3.05 bits per heavy atom. The van der Waals surface area contributed by atoms with Crippen LogP contribution in [0, 0.1) is 5.41 Å². The third-order valence-corrected chi connectivity index (χ3v) is 4.75. The van der Waals surface area contributed by atoms with Crippen LogP contribution >= 0.6 is 0 Å². The van der Waals surface area contributed by atoms with E-state index in [1.165, 1.54) is 11.3 Å². The van der Waals surface area contributed by atoms with E-state index < -0.39 is 0 Å². The Bertz CT molecular complexity index is 480. The van der Waals surface area contributed by atoms with Gasteiger partial charge in [0.15, 0.2) is 0 Å². The van der Waals surface area contributed by atoms with Crippen molar-refractivity contribution in [3.63, 3.8) is 0 Å². The van der Waals surface area contributed by atoms with Crippen LogP contribution in [0.25, 0.3) is 0 Å². The normalized spacial score (nSPS) is 29.9. The van der Waals surface area contributed by atoms with Crippen LogP contribution in [0.3, 0.4) is 0 Å². The lowest BCUT2D eigenvalue weighted by Crippen LogP contribution is -2.49. The Morgan fingerprint density at radius 1 is 1.45 bits per heavy atom. The fourth-order valence-electron chi connectivity index (χ4n) is 3.47. The Labute approximate surface area is 120 Å². The van der Waals surface area contributed by atoms with Gasteiger partial charge >= 0.3 is 0 Å². The zero-order chi connectivity index (χ0) is 14.0. The molecule has 2 unspecified atom stereocenters. The fourth-order valence-corrected chi connectivity index (χ4v) is 3.47. The maximum absolute atomic E-state index is 11.7. The van der Waals surface area contributed by atoms with Gasteiger partial charge in [0.05, 0.1) is 12.0 Å². The van der Waals surface area contributed by atoms with E-state index in [4.69, 9.17) is 4.74 Å². The van der Waals surface area contributed by atoms with E-state index in [1.54, 1.807) is 0 Å². The summed E-state index contributed by atoms with van der Waals surface area (Å²) in [6.45, 7) is 4.41. The molecule has 0 amide bonds. The molecule has 2 aliphatic rings. The molecule has 0 aliphatic carbocycles. The van der Waals surface area contributed by atoms with Crippen LogP contribution in [0.4, 0.5) is 5.69 Å². The van der Waals surface area contributed by atoms with E-state index in [9.17, 15) is 4.79 Å². The minimum Gasteiger partial charge on any atom is -0.380 e. The monoisotopic (exact) mass is 273 g/mol. The molecule has 0 saturated carbocycles. The quantitative estimate of drug-likeness (QED) is 0.793. The standard InChI is InChI=1S/C17H23NO2/c1-14-7-8-15-5-2-3-6-16(15)18(14)11-17(12-19)9-4-10-20-13-17/h2-3,5-6,12,14H,4,7-11,13H2,1H3. The number of benzene rings is 1. The number of aldehydes is 1. The third-order valence-electron chi connectivity index (χ3n) is 4.75. The van der Waals surface area contributed by atoms with E-state index in [1.807, 2.05) is 0 Å². The third kappa shape index (κ3) is 2.47. The number of rotatable bonds is 3. The molecule has 0 radical (unpaired) electrons. The summed E-state index contributed by atoms with van der Waals surface area (Å²) in [4.78, 5) is 14.1. The van der Waals surface area contributed by atoms with Gasteiger partial charge in [-0.1, -0.05) is 18.2 Å². The van der Waals surface area contributed by atoms with Crippen LogP contribution in [0.2, 0.25) is 0 Å². The van der Waals surface area contributed by atoms with Crippen molar-refractivity contribution in [3.8, 4) is 0 Å². The Hall–Kier alpha value is -1.35. The highest BCUT2D eigenvalue weighted by atomic mass is 16.5. The predicted octanol–water partition coefficient (Wildman–Crippen LogP) is 2.82. The van der Waals surface area contributed by atoms with Crippen molar-refractivity contribution in [1.82, 2.24) is 0 Å². The number of fused-ring (bicyclic) bond motifs is 1. The van der Waals surface area contributed by atoms with E-state index in [2.05, 4.69) is 36.1 Å². The molecule has 1 aromatic rings. The average Bonchev–Trinajstić information content (AvgIpc) is 2.51. The summed E-state index contributed by atoms with van der Waals surface area (Å²) in [7, 11) is 0. The molecule has 1 aromatic carbocycles. The van der Waals surface area contributed by atoms with Gasteiger partial charge in [0.1, 0.15) is 6.29 Å². The summed E-state index contributed by atoms with van der Waals surface area (Å²) in [5, 5.41) is 0. The summed E-state index contributed by atoms with van der Waals surface area (Å²) in [6, 6.07) is 9.08. The smallest absolute Gasteiger partial charge is 0.130 e. The van der Waals surface area contributed by atoms with Gasteiger partial charge < -0.3 is 14.4 Å². The molecule has 1 saturated heterocycles. The molecular weight excluding hydrogens is 250 g/mol. The maximum atomic E-state index is 11.7. The molecule has 20 heavy (non-hydrogen) atoms. The van der Waals surface area contributed by atoms with Crippen molar-refractivity contribution in [2.75, 3.05) is 24.7 Å². The molecule has 108 valence electrons. The average molecular weight is 273 g/mol. The zero-order valence-electron chi connectivity index (χ0n) is 12.2. The van der Waals surface area contributed by atoms with Crippen molar-refractivity contribution in [1.29, 1.82) is 0 Å². The topological polar surface area (TPSA) is 29.5 Å². The van der Waals surface area contributed by atoms with Crippen molar-refractivity contribution < 1.29 is 9.53 Å². The first-order valence-corrected chi connectivity index (χ1v) is 7.63.